The average Bonchev–Trinajstić information content (AvgIpc) is 2.23. The van der Waals surface area contributed by atoms with Crippen LogP contribution >= 0.6 is 0 Å². The van der Waals surface area contributed by atoms with Gasteiger partial charge in [0.2, 0.25) is 0 Å². The van der Waals surface area contributed by atoms with Crippen LogP contribution in [0.1, 0.15) is 6.92 Å². The molecule has 0 rings (SSSR count). The molecule has 0 aliphatic rings. The molecule has 2 amide bonds. The summed E-state index contributed by atoms with van der Waals surface area (Å²) in [6, 6.07) is -0.511. The van der Waals surface area contributed by atoms with Gasteiger partial charge in [0.25, 0.3) is 0 Å². The fraction of sp³-hybridized carbons (Fsp3) is 0.778. The molecule has 2 atom stereocenters. The van der Waals surface area contributed by atoms with Crippen LogP contribution in [0, 0.1) is 5.92 Å². The molecule has 94 valence electrons. The molecule has 0 aliphatic heterocycles. The first-order valence-corrected chi connectivity index (χ1v) is 4.88. The van der Waals surface area contributed by atoms with Crippen molar-refractivity contribution < 1.29 is 24.5 Å². The van der Waals surface area contributed by atoms with Gasteiger partial charge in [-0.25, -0.2) is 9.59 Å². The lowest BCUT2D eigenvalue weighted by molar-refractivity contribution is -0.146. The second kappa shape index (κ2) is 7.89. The number of carbonyl (C=O) groups excluding carboxylic acids is 1. The van der Waals surface area contributed by atoms with Crippen molar-refractivity contribution in [1.29, 1.82) is 0 Å². The fourth-order valence-electron chi connectivity index (χ4n) is 0.950. The van der Waals surface area contributed by atoms with Crippen molar-refractivity contribution in [2.24, 2.45) is 5.92 Å². The Labute approximate surface area is 93.8 Å². The maximum absolute atomic E-state index is 11.1. The van der Waals surface area contributed by atoms with Crippen LogP contribution in [0.5, 0.6) is 0 Å². The Morgan fingerprint density at radius 2 is 1.88 bits per heavy atom. The number of aliphatic hydroxyl groups excluding tert-OH is 1. The van der Waals surface area contributed by atoms with Crippen LogP contribution in [-0.4, -0.2) is 55.1 Å². The number of carboxylic acids is 1. The van der Waals surface area contributed by atoms with E-state index in [-0.39, 0.29) is 12.5 Å². The maximum Gasteiger partial charge on any atom is 0.334 e. The topological polar surface area (TPSA) is 108 Å². The SMILES string of the molecule is COCC(C)CNC(=O)NCC(O)C(=O)O. The van der Waals surface area contributed by atoms with Crippen LogP contribution in [0.3, 0.4) is 0 Å². The molecule has 7 heteroatoms. The first kappa shape index (κ1) is 14.7. The summed E-state index contributed by atoms with van der Waals surface area (Å²) < 4.78 is 4.88. The van der Waals surface area contributed by atoms with E-state index in [2.05, 4.69) is 10.6 Å². The lowest BCUT2D eigenvalue weighted by Crippen LogP contribution is -2.43. The first-order chi connectivity index (χ1) is 7.47. The summed E-state index contributed by atoms with van der Waals surface area (Å²) in [5, 5.41) is 22.0. The number of amides is 2. The Balaban J connectivity index is 3.63. The van der Waals surface area contributed by atoms with Gasteiger partial charge in [-0.1, -0.05) is 6.92 Å². The normalized spacial score (nSPS) is 13.9. The quantitative estimate of drug-likeness (QED) is 0.452. The van der Waals surface area contributed by atoms with Crippen LogP contribution in [0.25, 0.3) is 0 Å². The summed E-state index contributed by atoms with van der Waals surface area (Å²) in [5.41, 5.74) is 0. The summed E-state index contributed by atoms with van der Waals surface area (Å²) in [6.07, 6.45) is -1.58. The Morgan fingerprint density at radius 3 is 2.38 bits per heavy atom. The number of ether oxygens (including phenoxy) is 1. The maximum atomic E-state index is 11.1. The molecule has 0 bridgehead atoms. The molecule has 16 heavy (non-hydrogen) atoms. The van der Waals surface area contributed by atoms with E-state index in [9.17, 15) is 9.59 Å². The molecule has 0 aromatic carbocycles. The van der Waals surface area contributed by atoms with Crippen molar-refractivity contribution in [2.75, 3.05) is 26.8 Å². The van der Waals surface area contributed by atoms with Gasteiger partial charge in [-0.3, -0.25) is 0 Å². The standard InChI is InChI=1S/C9H18N2O5/c1-6(5-16-2)3-10-9(15)11-4-7(12)8(13)14/h6-7,12H,3-5H2,1-2H3,(H,13,14)(H2,10,11,15). The molecule has 7 nitrogen and oxygen atoms in total. The van der Waals surface area contributed by atoms with E-state index >= 15 is 0 Å². The molecule has 4 N–H and O–H groups in total. The zero-order chi connectivity index (χ0) is 12.6. The van der Waals surface area contributed by atoms with Crippen molar-refractivity contribution in [3.8, 4) is 0 Å². The minimum absolute atomic E-state index is 0.167. The minimum Gasteiger partial charge on any atom is -0.479 e. The lowest BCUT2D eigenvalue weighted by atomic mass is 10.2. The number of hydrogen-bond donors (Lipinski definition) is 4. The summed E-state index contributed by atoms with van der Waals surface area (Å²) in [4.78, 5) is 21.3. The number of aliphatic carboxylic acids is 1. The van der Waals surface area contributed by atoms with Crippen LogP contribution < -0.4 is 10.6 Å². The first-order valence-electron chi connectivity index (χ1n) is 4.88. The van der Waals surface area contributed by atoms with Gasteiger partial charge in [-0.15, -0.1) is 0 Å². The van der Waals surface area contributed by atoms with Gasteiger partial charge >= 0.3 is 12.0 Å². The molecule has 0 heterocycles. The van der Waals surface area contributed by atoms with Gasteiger partial charge in [-0.2, -0.15) is 0 Å². The van der Waals surface area contributed by atoms with E-state index in [1.165, 1.54) is 0 Å². The van der Waals surface area contributed by atoms with E-state index in [0.29, 0.717) is 13.2 Å². The number of nitrogens with one attached hydrogen (secondary N) is 2. The number of rotatable bonds is 7. The third kappa shape index (κ3) is 7.02. The van der Waals surface area contributed by atoms with Crippen molar-refractivity contribution in [1.82, 2.24) is 10.6 Å². The molecule has 0 radical (unpaired) electrons. The van der Waals surface area contributed by atoms with Crippen molar-refractivity contribution in [2.45, 2.75) is 13.0 Å². The van der Waals surface area contributed by atoms with E-state index in [4.69, 9.17) is 14.9 Å². The van der Waals surface area contributed by atoms with Crippen molar-refractivity contribution in [3.63, 3.8) is 0 Å². The van der Waals surface area contributed by atoms with Gasteiger partial charge in [0.1, 0.15) is 0 Å². The summed E-state index contributed by atoms with van der Waals surface area (Å²) in [7, 11) is 1.57. The Bertz CT molecular complexity index is 234. The molecular weight excluding hydrogens is 216 g/mol. The van der Waals surface area contributed by atoms with Crippen molar-refractivity contribution >= 4 is 12.0 Å². The average molecular weight is 234 g/mol. The zero-order valence-corrected chi connectivity index (χ0v) is 9.40. The Kier molecular flexibility index (Phi) is 7.23. The second-order valence-electron chi connectivity index (χ2n) is 3.51. The molecule has 0 aromatic rings. The van der Waals surface area contributed by atoms with E-state index in [1.54, 1.807) is 7.11 Å². The smallest absolute Gasteiger partial charge is 0.334 e. The van der Waals surface area contributed by atoms with Crippen LogP contribution in [0.2, 0.25) is 0 Å². The van der Waals surface area contributed by atoms with Gasteiger partial charge in [0, 0.05) is 13.7 Å². The molecular formula is C9H18N2O5. The van der Waals surface area contributed by atoms with Crippen LogP contribution in [0.4, 0.5) is 4.79 Å². The van der Waals surface area contributed by atoms with Crippen LogP contribution in [0.15, 0.2) is 0 Å². The molecule has 0 saturated carbocycles. The number of urea groups is 1. The number of hydrogen-bond acceptors (Lipinski definition) is 4. The van der Waals surface area contributed by atoms with Gasteiger partial charge < -0.3 is 25.6 Å². The highest BCUT2D eigenvalue weighted by molar-refractivity contribution is 5.76. The summed E-state index contributed by atoms with van der Waals surface area (Å²) in [6.45, 7) is 2.52. The largest absolute Gasteiger partial charge is 0.479 e. The number of aliphatic hydroxyl groups is 1. The molecule has 0 fully saturated rings. The van der Waals surface area contributed by atoms with E-state index in [1.807, 2.05) is 6.92 Å². The highest BCUT2D eigenvalue weighted by Crippen LogP contribution is 1.91. The fourth-order valence-corrected chi connectivity index (χ4v) is 0.950. The predicted octanol–water partition coefficient (Wildman–Crippen LogP) is -0.986. The second-order valence-corrected chi connectivity index (χ2v) is 3.51. The summed E-state index contributed by atoms with van der Waals surface area (Å²) >= 11 is 0. The minimum atomic E-state index is -1.58. The third-order valence-electron chi connectivity index (χ3n) is 1.80. The summed E-state index contributed by atoms with van der Waals surface area (Å²) in [5.74, 6) is -1.20. The molecule has 2 unspecified atom stereocenters. The predicted molar refractivity (Wildman–Crippen MR) is 56.1 cm³/mol. The van der Waals surface area contributed by atoms with Gasteiger partial charge in [-0.05, 0) is 5.92 Å². The monoisotopic (exact) mass is 234 g/mol. The molecule has 0 saturated heterocycles. The molecule has 0 spiro atoms. The van der Waals surface area contributed by atoms with Gasteiger partial charge in [0.05, 0.1) is 13.2 Å². The third-order valence-corrected chi connectivity index (χ3v) is 1.80. The Hall–Kier alpha value is -1.34. The van der Waals surface area contributed by atoms with E-state index in [0.717, 1.165) is 0 Å². The number of carbonyl (C=O) groups is 2. The zero-order valence-electron chi connectivity index (χ0n) is 9.40. The Morgan fingerprint density at radius 1 is 1.31 bits per heavy atom. The number of carboxylic acid groups (broad SMARTS) is 1. The number of methoxy groups -OCH3 is 1. The highest BCUT2D eigenvalue weighted by Gasteiger charge is 2.14. The molecule has 0 aromatic heterocycles. The van der Waals surface area contributed by atoms with Crippen molar-refractivity contribution in [3.05, 3.63) is 0 Å². The van der Waals surface area contributed by atoms with Gasteiger partial charge in [0.15, 0.2) is 6.10 Å². The van der Waals surface area contributed by atoms with E-state index < -0.39 is 18.1 Å². The van der Waals surface area contributed by atoms with Crippen LogP contribution in [-0.2, 0) is 9.53 Å². The highest BCUT2D eigenvalue weighted by atomic mass is 16.5. The lowest BCUT2D eigenvalue weighted by Gasteiger charge is -2.13. The molecule has 0 aliphatic carbocycles.